The van der Waals surface area contributed by atoms with Gasteiger partial charge >= 0.3 is 0 Å². The maximum atomic E-state index is 10.1. The van der Waals surface area contributed by atoms with Crippen molar-refractivity contribution in [1.29, 1.82) is 0 Å². The fourth-order valence-electron chi connectivity index (χ4n) is 3.24. The lowest BCUT2D eigenvalue weighted by Crippen LogP contribution is -2.59. The molecule has 26 heavy (non-hydrogen) atoms. The zero-order chi connectivity index (χ0) is 18.3. The van der Waals surface area contributed by atoms with E-state index in [0.717, 1.165) is 16.3 Å². The quantitative estimate of drug-likeness (QED) is 0.522. The highest BCUT2D eigenvalue weighted by molar-refractivity contribution is 5.86. The fourth-order valence-corrected chi connectivity index (χ4v) is 3.24. The Labute approximate surface area is 149 Å². The number of aliphatic hydroxyl groups is 3. The van der Waals surface area contributed by atoms with Gasteiger partial charge in [0.05, 0.1) is 18.8 Å². The van der Waals surface area contributed by atoms with Crippen LogP contribution in [0.3, 0.4) is 0 Å². The third-order valence-corrected chi connectivity index (χ3v) is 4.76. The Morgan fingerprint density at radius 3 is 2.62 bits per heavy atom. The number of rotatable bonds is 3. The summed E-state index contributed by atoms with van der Waals surface area (Å²) < 4.78 is 7.02. The van der Waals surface area contributed by atoms with Crippen molar-refractivity contribution in [2.45, 2.75) is 30.6 Å². The van der Waals surface area contributed by atoms with Gasteiger partial charge in [-0.3, -0.25) is 0 Å². The molecule has 1 saturated heterocycles. The Bertz CT molecular complexity index is 913. The van der Waals surface area contributed by atoms with Gasteiger partial charge in [0, 0.05) is 5.56 Å². The van der Waals surface area contributed by atoms with Crippen LogP contribution in [0.15, 0.2) is 48.7 Å². The minimum Gasteiger partial charge on any atom is -0.394 e. The first-order valence-electron chi connectivity index (χ1n) is 8.37. The number of aromatic nitrogens is 3. The molecule has 1 aliphatic rings. The van der Waals surface area contributed by atoms with Crippen molar-refractivity contribution in [2.75, 3.05) is 6.61 Å². The van der Waals surface area contributed by atoms with E-state index in [1.54, 1.807) is 6.20 Å². The highest BCUT2D eigenvalue weighted by Gasteiger charge is 2.43. The Balaban J connectivity index is 1.64. The van der Waals surface area contributed by atoms with Crippen LogP contribution in [0.25, 0.3) is 22.0 Å². The zero-order valence-corrected chi connectivity index (χ0v) is 13.9. The van der Waals surface area contributed by atoms with Gasteiger partial charge in [-0.2, -0.15) is 0 Å². The maximum absolute atomic E-state index is 10.1. The molecule has 0 unspecified atom stereocenters. The van der Waals surface area contributed by atoms with Crippen LogP contribution in [0.1, 0.15) is 6.23 Å². The number of hydrogen-bond acceptors (Lipinski definition) is 7. The van der Waals surface area contributed by atoms with Crippen molar-refractivity contribution < 1.29 is 20.1 Å². The first kappa shape index (κ1) is 17.1. The van der Waals surface area contributed by atoms with E-state index in [4.69, 9.17) is 10.5 Å². The second-order valence-electron chi connectivity index (χ2n) is 6.45. The molecule has 4 rings (SSSR count). The van der Waals surface area contributed by atoms with Gasteiger partial charge in [0.2, 0.25) is 0 Å². The summed E-state index contributed by atoms with van der Waals surface area (Å²) in [7, 11) is 0. The molecule has 3 aromatic rings. The number of hydrogen-bond donors (Lipinski definition) is 4. The molecular formula is C18H20N4O4. The summed E-state index contributed by atoms with van der Waals surface area (Å²) in [5.74, 6) is 0. The van der Waals surface area contributed by atoms with E-state index in [2.05, 4.69) is 10.3 Å². The topological polar surface area (TPSA) is 127 Å². The third-order valence-electron chi connectivity index (χ3n) is 4.76. The lowest BCUT2D eigenvalue weighted by molar-refractivity contribution is -0.213. The van der Waals surface area contributed by atoms with Crippen LogP contribution in [0.4, 0.5) is 0 Å². The van der Waals surface area contributed by atoms with E-state index in [9.17, 15) is 15.3 Å². The summed E-state index contributed by atoms with van der Waals surface area (Å²) in [5.41, 5.74) is 7.50. The zero-order valence-electron chi connectivity index (χ0n) is 13.9. The summed E-state index contributed by atoms with van der Waals surface area (Å²) in [6.45, 7) is -0.437. The predicted octanol–water partition coefficient (Wildman–Crippen LogP) is 0.0371. The summed E-state index contributed by atoms with van der Waals surface area (Å²) >= 11 is 0. The number of nitrogens with two attached hydrogens (primary N) is 1. The van der Waals surface area contributed by atoms with E-state index in [-0.39, 0.29) is 0 Å². The molecule has 1 fully saturated rings. The first-order valence-corrected chi connectivity index (χ1v) is 8.37. The van der Waals surface area contributed by atoms with Gasteiger partial charge in [0.1, 0.15) is 24.0 Å². The van der Waals surface area contributed by atoms with E-state index < -0.39 is 37.2 Å². The van der Waals surface area contributed by atoms with E-state index in [0.29, 0.717) is 5.69 Å². The molecule has 0 saturated carbocycles. The van der Waals surface area contributed by atoms with E-state index in [1.807, 2.05) is 42.5 Å². The average Bonchev–Trinajstić information content (AvgIpc) is 3.16. The van der Waals surface area contributed by atoms with Gasteiger partial charge in [-0.1, -0.05) is 41.6 Å². The Morgan fingerprint density at radius 1 is 1.08 bits per heavy atom. The SMILES string of the molecule is N[C@@H]1[C@@H](O)[C@H](O)[C@@H](CO)O[C@H]1n1cc(-c2ccc3ccccc3c2)nn1. The highest BCUT2D eigenvalue weighted by Crippen LogP contribution is 2.28. The highest BCUT2D eigenvalue weighted by atomic mass is 16.5. The summed E-state index contributed by atoms with van der Waals surface area (Å²) in [5, 5.41) is 39.8. The molecule has 0 aliphatic carbocycles. The van der Waals surface area contributed by atoms with Crippen molar-refractivity contribution in [3.8, 4) is 11.3 Å². The van der Waals surface area contributed by atoms with Crippen LogP contribution in [-0.2, 0) is 4.74 Å². The minimum absolute atomic E-state index is 0.437. The minimum atomic E-state index is -1.25. The predicted molar refractivity (Wildman–Crippen MR) is 93.9 cm³/mol. The first-order chi connectivity index (χ1) is 12.6. The standard InChI is InChI=1S/C18H20N4O4/c19-15-17(25)16(24)14(9-23)26-18(15)22-8-13(20-21-22)12-6-5-10-3-1-2-4-11(10)7-12/h1-8,14-18,23-25H,9,19H2/t14-,15-,16-,17-,18-/m1/s1. The van der Waals surface area contributed by atoms with Crippen molar-refractivity contribution in [1.82, 2.24) is 15.0 Å². The van der Waals surface area contributed by atoms with Crippen LogP contribution in [-0.4, -0.2) is 61.3 Å². The van der Waals surface area contributed by atoms with E-state index >= 15 is 0 Å². The molecular weight excluding hydrogens is 336 g/mol. The van der Waals surface area contributed by atoms with Crippen molar-refractivity contribution in [3.05, 3.63) is 48.7 Å². The van der Waals surface area contributed by atoms with Crippen LogP contribution >= 0.6 is 0 Å². The maximum Gasteiger partial charge on any atom is 0.170 e. The Morgan fingerprint density at radius 2 is 1.85 bits per heavy atom. The van der Waals surface area contributed by atoms with Gasteiger partial charge < -0.3 is 25.8 Å². The summed E-state index contributed by atoms with van der Waals surface area (Å²) in [6, 6.07) is 13.1. The monoisotopic (exact) mass is 356 g/mol. The van der Waals surface area contributed by atoms with E-state index in [1.165, 1.54) is 4.68 Å². The van der Waals surface area contributed by atoms with Crippen LogP contribution in [0, 0.1) is 0 Å². The summed E-state index contributed by atoms with van der Waals surface area (Å²) in [6.07, 6.45) is -2.60. The molecule has 136 valence electrons. The van der Waals surface area contributed by atoms with Gasteiger partial charge in [0.25, 0.3) is 0 Å². The second-order valence-corrected chi connectivity index (χ2v) is 6.45. The molecule has 2 aromatic carbocycles. The molecule has 0 radical (unpaired) electrons. The molecule has 0 amide bonds. The average molecular weight is 356 g/mol. The molecule has 8 nitrogen and oxygen atoms in total. The number of fused-ring (bicyclic) bond motifs is 1. The second kappa shape index (κ2) is 6.75. The molecule has 5 atom stereocenters. The van der Waals surface area contributed by atoms with Gasteiger partial charge in [-0.15, -0.1) is 5.10 Å². The largest absolute Gasteiger partial charge is 0.394 e. The molecule has 5 N–H and O–H groups in total. The smallest absolute Gasteiger partial charge is 0.170 e. The van der Waals surface area contributed by atoms with Gasteiger partial charge in [-0.25, -0.2) is 4.68 Å². The number of benzene rings is 2. The van der Waals surface area contributed by atoms with Crippen LogP contribution in [0.2, 0.25) is 0 Å². The Hall–Kier alpha value is -2.36. The molecule has 1 aliphatic heterocycles. The van der Waals surface area contributed by atoms with Gasteiger partial charge in [0.15, 0.2) is 6.23 Å². The lowest BCUT2D eigenvalue weighted by Gasteiger charge is -2.40. The number of nitrogens with zero attached hydrogens (tertiary/aromatic N) is 3. The molecule has 0 spiro atoms. The van der Waals surface area contributed by atoms with Crippen molar-refractivity contribution >= 4 is 10.8 Å². The number of ether oxygens (including phenoxy) is 1. The normalized spacial score (nSPS) is 29.2. The lowest BCUT2D eigenvalue weighted by atomic mass is 9.97. The molecule has 1 aromatic heterocycles. The van der Waals surface area contributed by atoms with Crippen molar-refractivity contribution in [3.63, 3.8) is 0 Å². The molecule has 0 bridgehead atoms. The van der Waals surface area contributed by atoms with Crippen LogP contribution in [0.5, 0.6) is 0 Å². The van der Waals surface area contributed by atoms with Crippen LogP contribution < -0.4 is 5.73 Å². The van der Waals surface area contributed by atoms with Gasteiger partial charge in [-0.05, 0) is 16.8 Å². The third kappa shape index (κ3) is 2.87. The molecule has 2 heterocycles. The number of aliphatic hydroxyl groups excluding tert-OH is 3. The summed E-state index contributed by atoms with van der Waals surface area (Å²) in [4.78, 5) is 0. The molecule has 8 heteroatoms. The fraction of sp³-hybridized carbons (Fsp3) is 0.333. The Kier molecular flexibility index (Phi) is 4.43. The van der Waals surface area contributed by atoms with Crippen molar-refractivity contribution in [2.24, 2.45) is 5.73 Å².